The third-order valence-electron chi connectivity index (χ3n) is 2.39. The van der Waals surface area contributed by atoms with Crippen LogP contribution in [0.3, 0.4) is 0 Å². The molecule has 0 saturated heterocycles. The van der Waals surface area contributed by atoms with Gasteiger partial charge in [-0.25, -0.2) is 0 Å². The Balaban J connectivity index is 2.92. The van der Waals surface area contributed by atoms with Crippen molar-refractivity contribution in [3.8, 4) is 0 Å². The topological polar surface area (TPSA) is 20.3 Å². The first-order valence-corrected chi connectivity index (χ1v) is 5.16. The molecule has 0 fully saturated rings. The van der Waals surface area contributed by atoms with Crippen LogP contribution in [-0.4, -0.2) is 23.9 Å². The number of nitrogens with zero attached hydrogens (tertiary/aromatic N) is 1. The Morgan fingerprint density at radius 3 is 2.67 bits per heavy atom. The number of likely N-dealkylation sites (N-methyl/N-ethyl adjacent to an activating group) is 1. The average molecular weight is 203 g/mol. The Labute approximate surface area is 91.2 Å². The van der Waals surface area contributed by atoms with Crippen LogP contribution in [0.25, 0.3) is 0 Å². The van der Waals surface area contributed by atoms with Crippen LogP contribution in [0.1, 0.15) is 22.8 Å². The number of rotatable bonds is 4. The largest absolute Gasteiger partial charge is 0.335 e. The summed E-state index contributed by atoms with van der Waals surface area (Å²) in [5.74, 6) is 0.0792. The lowest BCUT2D eigenvalue weighted by Gasteiger charge is -2.19. The Morgan fingerprint density at radius 1 is 1.47 bits per heavy atom. The number of benzene rings is 1. The van der Waals surface area contributed by atoms with Crippen LogP contribution in [0.15, 0.2) is 36.9 Å². The minimum Gasteiger partial charge on any atom is -0.335 e. The van der Waals surface area contributed by atoms with Gasteiger partial charge < -0.3 is 4.90 Å². The Hall–Kier alpha value is -1.57. The highest BCUT2D eigenvalue weighted by Gasteiger charge is 2.13. The summed E-state index contributed by atoms with van der Waals surface area (Å²) < 4.78 is 0. The van der Waals surface area contributed by atoms with Gasteiger partial charge in [0.1, 0.15) is 0 Å². The van der Waals surface area contributed by atoms with Crippen LogP contribution < -0.4 is 0 Å². The maximum atomic E-state index is 12.1. The summed E-state index contributed by atoms with van der Waals surface area (Å²) in [6.07, 6.45) is 1.75. The van der Waals surface area contributed by atoms with Gasteiger partial charge in [0.05, 0.1) is 0 Å². The molecule has 0 N–H and O–H groups in total. The smallest absolute Gasteiger partial charge is 0.254 e. The molecule has 0 aliphatic heterocycles. The predicted octanol–water partition coefficient (Wildman–Crippen LogP) is 2.64. The van der Waals surface area contributed by atoms with Crippen molar-refractivity contribution in [3.63, 3.8) is 0 Å². The first-order valence-electron chi connectivity index (χ1n) is 5.16. The molecule has 0 aromatic heterocycles. The Kier molecular flexibility index (Phi) is 4.10. The van der Waals surface area contributed by atoms with Gasteiger partial charge in [0.2, 0.25) is 0 Å². The van der Waals surface area contributed by atoms with Crippen molar-refractivity contribution in [3.05, 3.63) is 48.0 Å². The zero-order chi connectivity index (χ0) is 11.3. The van der Waals surface area contributed by atoms with Gasteiger partial charge in [-0.1, -0.05) is 24.3 Å². The third kappa shape index (κ3) is 2.69. The lowest BCUT2D eigenvalue weighted by molar-refractivity contribution is 0.0781. The number of hydrogen-bond donors (Lipinski definition) is 0. The van der Waals surface area contributed by atoms with Gasteiger partial charge >= 0.3 is 0 Å². The van der Waals surface area contributed by atoms with Gasteiger partial charge in [0.15, 0.2) is 0 Å². The summed E-state index contributed by atoms with van der Waals surface area (Å²) in [5, 5.41) is 0. The van der Waals surface area contributed by atoms with E-state index in [1.807, 2.05) is 38.1 Å². The minimum atomic E-state index is 0.0792. The molecule has 80 valence electrons. The van der Waals surface area contributed by atoms with Crippen molar-refractivity contribution in [2.24, 2.45) is 0 Å². The normalized spacial score (nSPS) is 9.73. The first kappa shape index (κ1) is 11.5. The molecule has 0 unspecified atom stereocenters. The molecule has 2 nitrogen and oxygen atoms in total. The molecule has 0 atom stereocenters. The Morgan fingerprint density at radius 2 is 2.13 bits per heavy atom. The number of carbonyl (C=O) groups is 1. The number of aryl methyl sites for hydroxylation is 1. The van der Waals surface area contributed by atoms with E-state index in [0.717, 1.165) is 11.1 Å². The van der Waals surface area contributed by atoms with Gasteiger partial charge in [0.25, 0.3) is 5.91 Å². The predicted molar refractivity (Wildman–Crippen MR) is 63.0 cm³/mol. The van der Waals surface area contributed by atoms with Gasteiger partial charge in [-0.15, -0.1) is 6.58 Å². The van der Waals surface area contributed by atoms with Crippen LogP contribution in [0, 0.1) is 6.92 Å². The molecule has 0 heterocycles. The molecule has 15 heavy (non-hydrogen) atoms. The van der Waals surface area contributed by atoms with E-state index < -0.39 is 0 Å². The van der Waals surface area contributed by atoms with Crippen LogP contribution in [0.5, 0.6) is 0 Å². The van der Waals surface area contributed by atoms with E-state index in [1.165, 1.54) is 0 Å². The summed E-state index contributed by atoms with van der Waals surface area (Å²) in [6, 6.07) is 7.65. The molecule has 0 radical (unpaired) electrons. The van der Waals surface area contributed by atoms with Crippen molar-refractivity contribution in [1.82, 2.24) is 4.90 Å². The van der Waals surface area contributed by atoms with Crippen molar-refractivity contribution in [2.75, 3.05) is 13.1 Å². The zero-order valence-electron chi connectivity index (χ0n) is 9.36. The van der Waals surface area contributed by atoms with E-state index in [4.69, 9.17) is 0 Å². The van der Waals surface area contributed by atoms with E-state index in [0.29, 0.717) is 13.1 Å². The summed E-state index contributed by atoms with van der Waals surface area (Å²) in [5.41, 5.74) is 1.80. The average Bonchev–Trinajstić information content (AvgIpc) is 2.25. The molecule has 0 spiro atoms. The maximum absolute atomic E-state index is 12.1. The van der Waals surface area contributed by atoms with Gasteiger partial charge in [-0.2, -0.15) is 0 Å². The number of amides is 1. The molecule has 0 bridgehead atoms. The number of hydrogen-bond acceptors (Lipinski definition) is 1. The monoisotopic (exact) mass is 203 g/mol. The second-order valence-electron chi connectivity index (χ2n) is 3.45. The van der Waals surface area contributed by atoms with Crippen LogP contribution in [-0.2, 0) is 0 Å². The lowest BCUT2D eigenvalue weighted by Crippen LogP contribution is -2.31. The van der Waals surface area contributed by atoms with Crippen molar-refractivity contribution in [1.29, 1.82) is 0 Å². The standard InChI is InChI=1S/C13H17NO/c1-4-10-14(5-2)13(15)12-9-7-6-8-11(12)3/h4,6-9H,1,5,10H2,2-3H3. The fraction of sp³-hybridized carbons (Fsp3) is 0.308. The van der Waals surface area contributed by atoms with E-state index >= 15 is 0 Å². The molecule has 2 heteroatoms. The molecule has 1 rings (SSSR count). The van der Waals surface area contributed by atoms with Crippen LogP contribution in [0.4, 0.5) is 0 Å². The highest BCUT2D eigenvalue weighted by Crippen LogP contribution is 2.10. The maximum Gasteiger partial charge on any atom is 0.254 e. The van der Waals surface area contributed by atoms with Gasteiger partial charge in [-0.3, -0.25) is 4.79 Å². The van der Waals surface area contributed by atoms with Crippen molar-refractivity contribution >= 4 is 5.91 Å². The molecule has 0 aliphatic carbocycles. The molecule has 1 aromatic carbocycles. The summed E-state index contributed by atoms with van der Waals surface area (Å²) in [4.78, 5) is 13.8. The van der Waals surface area contributed by atoms with Gasteiger partial charge in [-0.05, 0) is 25.5 Å². The highest BCUT2D eigenvalue weighted by molar-refractivity contribution is 5.95. The molecular formula is C13H17NO. The first-order chi connectivity index (χ1) is 7.20. The van der Waals surface area contributed by atoms with E-state index in [1.54, 1.807) is 11.0 Å². The van der Waals surface area contributed by atoms with Crippen molar-refractivity contribution < 1.29 is 4.79 Å². The fourth-order valence-corrected chi connectivity index (χ4v) is 1.49. The summed E-state index contributed by atoms with van der Waals surface area (Å²) in [6.45, 7) is 8.89. The molecule has 0 aliphatic rings. The summed E-state index contributed by atoms with van der Waals surface area (Å²) in [7, 11) is 0. The zero-order valence-corrected chi connectivity index (χ0v) is 9.36. The molecule has 1 aromatic rings. The Bertz CT molecular complexity index is 357. The van der Waals surface area contributed by atoms with Gasteiger partial charge in [0, 0.05) is 18.7 Å². The van der Waals surface area contributed by atoms with Crippen LogP contribution in [0.2, 0.25) is 0 Å². The highest BCUT2D eigenvalue weighted by atomic mass is 16.2. The third-order valence-corrected chi connectivity index (χ3v) is 2.39. The second kappa shape index (κ2) is 5.35. The van der Waals surface area contributed by atoms with Crippen molar-refractivity contribution in [2.45, 2.75) is 13.8 Å². The quantitative estimate of drug-likeness (QED) is 0.689. The second-order valence-corrected chi connectivity index (χ2v) is 3.45. The minimum absolute atomic E-state index is 0.0792. The molecule has 0 saturated carbocycles. The SMILES string of the molecule is C=CCN(CC)C(=O)c1ccccc1C. The molecule has 1 amide bonds. The van der Waals surface area contributed by atoms with E-state index in [2.05, 4.69) is 6.58 Å². The molecular weight excluding hydrogens is 186 g/mol. The lowest BCUT2D eigenvalue weighted by atomic mass is 10.1. The van der Waals surface area contributed by atoms with E-state index in [9.17, 15) is 4.79 Å². The fourth-order valence-electron chi connectivity index (χ4n) is 1.49. The van der Waals surface area contributed by atoms with Crippen LogP contribution >= 0.6 is 0 Å². The van der Waals surface area contributed by atoms with E-state index in [-0.39, 0.29) is 5.91 Å². The number of carbonyl (C=O) groups excluding carboxylic acids is 1. The summed E-state index contributed by atoms with van der Waals surface area (Å²) >= 11 is 0.